The molecule has 4 aromatic rings. The predicted molar refractivity (Wildman–Crippen MR) is 163 cm³/mol. The number of esters is 1. The van der Waals surface area contributed by atoms with Crippen molar-refractivity contribution in [3.8, 4) is 17.2 Å². The highest BCUT2D eigenvalue weighted by atomic mass is 16.5. The molecule has 0 fully saturated rings. The SMILES string of the molecule is C=CC(=O)Oc1ccc(N(C)c2ccc(OCCOc3ccc(N(C)c4ccc(C(=O)C=C)cc4)cc3)cc2)cc1. The number of ketones is 1. The monoisotopic (exact) mass is 548 g/mol. The fourth-order valence-corrected chi connectivity index (χ4v) is 4.01. The van der Waals surface area contributed by atoms with Crippen LogP contribution in [-0.4, -0.2) is 39.1 Å². The summed E-state index contributed by atoms with van der Waals surface area (Å²) in [5.41, 5.74) is 4.50. The van der Waals surface area contributed by atoms with Crippen LogP contribution in [0.1, 0.15) is 10.4 Å². The van der Waals surface area contributed by atoms with Crippen LogP contribution in [0.4, 0.5) is 22.7 Å². The zero-order valence-electron chi connectivity index (χ0n) is 23.2. The highest BCUT2D eigenvalue weighted by molar-refractivity contribution is 6.04. The minimum atomic E-state index is -0.490. The molecule has 0 N–H and O–H groups in total. The Kier molecular flexibility index (Phi) is 9.57. The Morgan fingerprint density at radius 2 is 0.951 bits per heavy atom. The summed E-state index contributed by atoms with van der Waals surface area (Å²) >= 11 is 0. The van der Waals surface area contributed by atoms with E-state index in [4.69, 9.17) is 14.2 Å². The molecule has 0 aliphatic carbocycles. The van der Waals surface area contributed by atoms with Crippen molar-refractivity contribution in [2.75, 3.05) is 37.1 Å². The second-order valence-electron chi connectivity index (χ2n) is 9.04. The summed E-state index contributed by atoms with van der Waals surface area (Å²) in [5.74, 6) is 1.38. The van der Waals surface area contributed by atoms with E-state index in [0.717, 1.165) is 40.3 Å². The summed E-state index contributed by atoms with van der Waals surface area (Å²) in [6.07, 6.45) is 2.44. The maximum absolute atomic E-state index is 11.7. The van der Waals surface area contributed by atoms with Crippen molar-refractivity contribution in [1.29, 1.82) is 0 Å². The van der Waals surface area contributed by atoms with E-state index in [1.165, 1.54) is 6.08 Å². The number of allylic oxidation sites excluding steroid dienone is 1. The van der Waals surface area contributed by atoms with E-state index < -0.39 is 5.97 Å². The molecule has 4 aromatic carbocycles. The third kappa shape index (κ3) is 7.64. The van der Waals surface area contributed by atoms with E-state index in [1.54, 1.807) is 24.3 Å². The van der Waals surface area contributed by atoms with Gasteiger partial charge in [-0.05, 0) is 103 Å². The maximum Gasteiger partial charge on any atom is 0.335 e. The van der Waals surface area contributed by atoms with Gasteiger partial charge in [0.05, 0.1) is 0 Å². The number of nitrogens with zero attached hydrogens (tertiary/aromatic N) is 2. The first kappa shape index (κ1) is 28.7. The first-order valence-corrected chi connectivity index (χ1v) is 13.0. The largest absolute Gasteiger partial charge is 0.490 e. The van der Waals surface area contributed by atoms with Gasteiger partial charge in [0.1, 0.15) is 30.5 Å². The zero-order chi connectivity index (χ0) is 29.2. The Hall–Kier alpha value is -5.30. The van der Waals surface area contributed by atoms with Gasteiger partial charge < -0.3 is 24.0 Å². The molecule has 0 aromatic heterocycles. The van der Waals surface area contributed by atoms with Crippen LogP contribution in [0.15, 0.2) is 122 Å². The molecule has 0 radical (unpaired) electrons. The molecule has 0 bridgehead atoms. The summed E-state index contributed by atoms with van der Waals surface area (Å²) in [7, 11) is 3.93. The van der Waals surface area contributed by atoms with Crippen molar-refractivity contribution in [3.05, 3.63) is 128 Å². The molecule has 0 saturated heterocycles. The first-order chi connectivity index (χ1) is 19.9. The standard InChI is InChI=1S/C34H32N2O5/c1-5-33(37)25-7-9-26(10-8-25)35(3)27-11-17-30(18-12-27)39-23-24-40-31-19-13-28(14-20-31)36(4)29-15-21-32(22-16-29)41-34(38)6-2/h5-22H,1-2,23-24H2,3-4H3. The van der Waals surface area contributed by atoms with E-state index in [-0.39, 0.29) is 5.78 Å². The molecular formula is C34H32N2O5. The Morgan fingerprint density at radius 3 is 1.32 bits per heavy atom. The molecule has 0 aliphatic rings. The summed E-state index contributed by atoms with van der Waals surface area (Å²) in [5, 5.41) is 0. The van der Waals surface area contributed by atoms with Crippen LogP contribution >= 0.6 is 0 Å². The number of carbonyl (C=O) groups is 2. The number of benzene rings is 4. The molecule has 7 heteroatoms. The fourth-order valence-electron chi connectivity index (χ4n) is 4.01. The Bertz CT molecular complexity index is 1480. The van der Waals surface area contributed by atoms with Gasteiger partial charge in [0.2, 0.25) is 0 Å². The third-order valence-electron chi connectivity index (χ3n) is 6.40. The fraction of sp³-hybridized carbons (Fsp3) is 0.118. The number of ether oxygens (including phenoxy) is 3. The lowest BCUT2D eigenvalue weighted by atomic mass is 10.1. The molecule has 208 valence electrons. The van der Waals surface area contributed by atoms with Crippen LogP contribution in [0.25, 0.3) is 0 Å². The van der Waals surface area contributed by atoms with Gasteiger partial charge in [0, 0.05) is 48.5 Å². The second kappa shape index (κ2) is 13.7. The highest BCUT2D eigenvalue weighted by Crippen LogP contribution is 2.28. The summed E-state index contributed by atoms with van der Waals surface area (Å²) in [4.78, 5) is 27.1. The number of hydrogen-bond acceptors (Lipinski definition) is 7. The second-order valence-corrected chi connectivity index (χ2v) is 9.04. The van der Waals surface area contributed by atoms with Gasteiger partial charge in [-0.3, -0.25) is 4.79 Å². The number of carbonyl (C=O) groups excluding carboxylic acids is 2. The molecule has 7 nitrogen and oxygen atoms in total. The van der Waals surface area contributed by atoms with E-state index in [2.05, 4.69) is 13.2 Å². The smallest absolute Gasteiger partial charge is 0.335 e. The van der Waals surface area contributed by atoms with Crippen molar-refractivity contribution in [2.24, 2.45) is 0 Å². The molecule has 0 unspecified atom stereocenters. The van der Waals surface area contributed by atoms with Crippen LogP contribution < -0.4 is 24.0 Å². The van der Waals surface area contributed by atoms with Gasteiger partial charge in [0.15, 0.2) is 5.78 Å². The minimum absolute atomic E-state index is 0.0939. The van der Waals surface area contributed by atoms with Crippen molar-refractivity contribution in [2.45, 2.75) is 0 Å². The van der Waals surface area contributed by atoms with Gasteiger partial charge in [0.25, 0.3) is 0 Å². The van der Waals surface area contributed by atoms with Crippen LogP contribution in [0, 0.1) is 0 Å². The summed E-state index contributed by atoms with van der Waals surface area (Å²) in [6, 6.07) is 30.2. The summed E-state index contributed by atoms with van der Waals surface area (Å²) < 4.78 is 16.8. The van der Waals surface area contributed by atoms with Gasteiger partial charge in [-0.25, -0.2) is 4.79 Å². The number of hydrogen-bond donors (Lipinski definition) is 0. The van der Waals surface area contributed by atoms with Crippen molar-refractivity contribution < 1.29 is 23.8 Å². The molecule has 0 aliphatic heterocycles. The molecule has 0 saturated carbocycles. The molecule has 0 atom stereocenters. The van der Waals surface area contributed by atoms with Crippen molar-refractivity contribution >= 4 is 34.5 Å². The minimum Gasteiger partial charge on any atom is -0.490 e. The molecule has 0 heterocycles. The summed E-state index contributed by atoms with van der Waals surface area (Å²) in [6.45, 7) is 7.73. The maximum atomic E-state index is 11.7. The van der Waals surface area contributed by atoms with E-state index >= 15 is 0 Å². The number of rotatable bonds is 13. The van der Waals surface area contributed by atoms with Gasteiger partial charge in [-0.2, -0.15) is 0 Å². The number of anilines is 4. The third-order valence-corrected chi connectivity index (χ3v) is 6.40. The van der Waals surface area contributed by atoms with Gasteiger partial charge >= 0.3 is 5.97 Å². The van der Waals surface area contributed by atoms with Gasteiger partial charge in [-0.15, -0.1) is 0 Å². The lowest BCUT2D eigenvalue weighted by Gasteiger charge is -2.20. The van der Waals surface area contributed by atoms with Crippen LogP contribution in [0.2, 0.25) is 0 Å². The predicted octanol–water partition coefficient (Wildman–Crippen LogP) is 7.14. The van der Waals surface area contributed by atoms with Crippen LogP contribution in [0.3, 0.4) is 0 Å². The molecule has 41 heavy (non-hydrogen) atoms. The first-order valence-electron chi connectivity index (χ1n) is 13.0. The highest BCUT2D eigenvalue weighted by Gasteiger charge is 2.08. The molecule has 0 spiro atoms. The molecule has 4 rings (SSSR count). The van der Waals surface area contributed by atoms with E-state index in [0.29, 0.717) is 24.5 Å². The Labute approximate surface area is 240 Å². The van der Waals surface area contributed by atoms with Crippen molar-refractivity contribution in [3.63, 3.8) is 0 Å². The quantitative estimate of drug-likeness (QED) is 0.0578. The lowest BCUT2D eigenvalue weighted by Crippen LogP contribution is -2.11. The topological polar surface area (TPSA) is 68.3 Å². The Morgan fingerprint density at radius 1 is 0.585 bits per heavy atom. The zero-order valence-corrected chi connectivity index (χ0v) is 23.2. The lowest BCUT2D eigenvalue weighted by molar-refractivity contribution is -0.128. The molecule has 0 amide bonds. The molecular weight excluding hydrogens is 516 g/mol. The van der Waals surface area contributed by atoms with E-state index in [1.807, 2.05) is 96.7 Å². The average molecular weight is 549 g/mol. The van der Waals surface area contributed by atoms with Crippen LogP contribution in [-0.2, 0) is 4.79 Å². The van der Waals surface area contributed by atoms with Gasteiger partial charge in [-0.1, -0.05) is 13.2 Å². The average Bonchev–Trinajstić information content (AvgIpc) is 3.03. The van der Waals surface area contributed by atoms with Crippen molar-refractivity contribution in [1.82, 2.24) is 0 Å². The van der Waals surface area contributed by atoms with E-state index in [9.17, 15) is 9.59 Å². The Balaban J connectivity index is 1.23. The van der Waals surface area contributed by atoms with Crippen LogP contribution in [0.5, 0.6) is 17.2 Å². The normalized spacial score (nSPS) is 10.3.